The standard InChI is InChI=1S/C13H11NO/c15-13-8-12(14-13)11-6-5-9-3-1-2-4-10(9)7-11/h1-7,12H,8H2,(H,14,15). The van der Waals surface area contributed by atoms with Crippen LogP contribution >= 0.6 is 0 Å². The third-order valence-corrected chi connectivity index (χ3v) is 2.90. The lowest BCUT2D eigenvalue weighted by atomic mass is 9.95. The number of hydrogen-bond donors (Lipinski definition) is 1. The van der Waals surface area contributed by atoms with Gasteiger partial charge in [0.05, 0.1) is 12.5 Å². The Morgan fingerprint density at radius 2 is 1.80 bits per heavy atom. The number of carbonyl (C=O) groups excluding carboxylic acids is 1. The monoisotopic (exact) mass is 197 g/mol. The Balaban J connectivity index is 2.03. The molecule has 2 aromatic rings. The van der Waals surface area contributed by atoms with Gasteiger partial charge in [-0.05, 0) is 22.4 Å². The number of nitrogens with one attached hydrogen (secondary N) is 1. The lowest BCUT2D eigenvalue weighted by Crippen LogP contribution is -2.41. The Morgan fingerprint density at radius 3 is 2.53 bits per heavy atom. The van der Waals surface area contributed by atoms with Crippen molar-refractivity contribution < 1.29 is 4.79 Å². The summed E-state index contributed by atoms with van der Waals surface area (Å²) < 4.78 is 0. The molecule has 1 N–H and O–H groups in total. The fourth-order valence-electron chi connectivity index (χ4n) is 1.98. The second kappa shape index (κ2) is 3.09. The summed E-state index contributed by atoms with van der Waals surface area (Å²) in [4.78, 5) is 10.8. The van der Waals surface area contributed by atoms with E-state index in [2.05, 4.69) is 35.6 Å². The maximum atomic E-state index is 10.8. The van der Waals surface area contributed by atoms with Crippen molar-refractivity contribution in [1.82, 2.24) is 5.32 Å². The molecule has 2 heteroatoms. The van der Waals surface area contributed by atoms with Crippen LogP contribution in [0.15, 0.2) is 42.5 Å². The molecule has 2 nitrogen and oxygen atoms in total. The summed E-state index contributed by atoms with van der Waals surface area (Å²) in [5, 5.41) is 5.36. The van der Waals surface area contributed by atoms with E-state index >= 15 is 0 Å². The van der Waals surface area contributed by atoms with Crippen LogP contribution in [-0.4, -0.2) is 5.91 Å². The number of hydrogen-bond acceptors (Lipinski definition) is 1. The van der Waals surface area contributed by atoms with E-state index < -0.39 is 0 Å². The van der Waals surface area contributed by atoms with E-state index in [1.54, 1.807) is 0 Å². The van der Waals surface area contributed by atoms with E-state index in [4.69, 9.17) is 0 Å². The van der Waals surface area contributed by atoms with Crippen molar-refractivity contribution in [2.75, 3.05) is 0 Å². The predicted octanol–water partition coefficient (Wildman–Crippen LogP) is 2.40. The number of amides is 1. The molecule has 1 aliphatic rings. The van der Waals surface area contributed by atoms with Gasteiger partial charge in [0, 0.05) is 0 Å². The van der Waals surface area contributed by atoms with Crippen LogP contribution in [0.25, 0.3) is 10.8 Å². The normalized spacial score (nSPS) is 19.7. The fourth-order valence-corrected chi connectivity index (χ4v) is 1.98. The molecule has 0 radical (unpaired) electrons. The summed E-state index contributed by atoms with van der Waals surface area (Å²) >= 11 is 0. The number of rotatable bonds is 1. The van der Waals surface area contributed by atoms with Gasteiger partial charge in [-0.2, -0.15) is 0 Å². The molecule has 0 aliphatic carbocycles. The fraction of sp³-hybridized carbons (Fsp3) is 0.154. The summed E-state index contributed by atoms with van der Waals surface area (Å²) in [6.45, 7) is 0. The molecule has 2 aromatic carbocycles. The van der Waals surface area contributed by atoms with E-state index in [1.807, 2.05) is 12.1 Å². The number of carbonyl (C=O) groups is 1. The zero-order chi connectivity index (χ0) is 10.3. The smallest absolute Gasteiger partial charge is 0.222 e. The van der Waals surface area contributed by atoms with Gasteiger partial charge in [-0.25, -0.2) is 0 Å². The first kappa shape index (κ1) is 8.48. The van der Waals surface area contributed by atoms with Gasteiger partial charge in [0.1, 0.15) is 0 Å². The van der Waals surface area contributed by atoms with Crippen LogP contribution in [0.1, 0.15) is 18.0 Å². The molecule has 15 heavy (non-hydrogen) atoms. The lowest BCUT2D eigenvalue weighted by molar-refractivity contribution is -0.128. The first-order valence-corrected chi connectivity index (χ1v) is 5.11. The minimum absolute atomic E-state index is 0.146. The highest BCUT2D eigenvalue weighted by Crippen LogP contribution is 2.26. The zero-order valence-corrected chi connectivity index (χ0v) is 8.23. The van der Waals surface area contributed by atoms with Crippen molar-refractivity contribution in [2.45, 2.75) is 12.5 Å². The van der Waals surface area contributed by atoms with Crippen LogP contribution in [0.3, 0.4) is 0 Å². The van der Waals surface area contributed by atoms with E-state index in [9.17, 15) is 4.79 Å². The molecule has 3 rings (SSSR count). The van der Waals surface area contributed by atoms with Gasteiger partial charge in [-0.3, -0.25) is 4.79 Å². The highest BCUT2D eigenvalue weighted by atomic mass is 16.2. The Morgan fingerprint density at radius 1 is 1.07 bits per heavy atom. The van der Waals surface area contributed by atoms with Crippen molar-refractivity contribution in [3.05, 3.63) is 48.0 Å². The van der Waals surface area contributed by atoms with Crippen LogP contribution in [0.4, 0.5) is 0 Å². The quantitative estimate of drug-likeness (QED) is 0.699. The topological polar surface area (TPSA) is 29.1 Å². The van der Waals surface area contributed by atoms with Gasteiger partial charge in [0.25, 0.3) is 0 Å². The molecular formula is C13H11NO. The van der Waals surface area contributed by atoms with Crippen molar-refractivity contribution >= 4 is 16.7 Å². The number of β-lactam (4-membered cyclic amide) rings is 1. The highest BCUT2D eigenvalue weighted by molar-refractivity contribution is 5.86. The first-order chi connectivity index (χ1) is 7.33. The second-order valence-electron chi connectivity index (χ2n) is 3.93. The summed E-state index contributed by atoms with van der Waals surface area (Å²) in [5.41, 5.74) is 1.20. The molecule has 0 spiro atoms. The average molecular weight is 197 g/mol. The average Bonchev–Trinajstić information content (AvgIpc) is 2.24. The molecule has 0 aromatic heterocycles. The minimum Gasteiger partial charge on any atom is -0.349 e. The molecule has 1 saturated heterocycles. The Labute approximate surface area is 87.9 Å². The molecule has 1 heterocycles. The van der Waals surface area contributed by atoms with Gasteiger partial charge in [0.15, 0.2) is 0 Å². The van der Waals surface area contributed by atoms with Crippen LogP contribution in [0, 0.1) is 0 Å². The van der Waals surface area contributed by atoms with Crippen LogP contribution in [0.5, 0.6) is 0 Å². The van der Waals surface area contributed by atoms with Gasteiger partial charge in [0.2, 0.25) is 5.91 Å². The van der Waals surface area contributed by atoms with Crippen LogP contribution < -0.4 is 5.32 Å². The molecule has 0 saturated carbocycles. The van der Waals surface area contributed by atoms with E-state index in [0.29, 0.717) is 6.42 Å². The van der Waals surface area contributed by atoms with Crippen LogP contribution in [-0.2, 0) is 4.79 Å². The molecule has 1 atom stereocenters. The molecule has 1 aliphatic heterocycles. The predicted molar refractivity (Wildman–Crippen MR) is 59.4 cm³/mol. The first-order valence-electron chi connectivity index (χ1n) is 5.11. The molecule has 1 amide bonds. The maximum Gasteiger partial charge on any atom is 0.222 e. The SMILES string of the molecule is O=C1CC(c2ccc3ccccc3c2)N1. The number of fused-ring (bicyclic) bond motifs is 1. The van der Waals surface area contributed by atoms with Gasteiger partial charge >= 0.3 is 0 Å². The van der Waals surface area contributed by atoms with Crippen molar-refractivity contribution in [3.8, 4) is 0 Å². The largest absolute Gasteiger partial charge is 0.349 e. The van der Waals surface area contributed by atoms with E-state index in [-0.39, 0.29) is 11.9 Å². The molecular weight excluding hydrogens is 186 g/mol. The summed E-state index contributed by atoms with van der Waals surface area (Å²) in [6, 6.07) is 14.8. The van der Waals surface area contributed by atoms with Gasteiger partial charge in [-0.15, -0.1) is 0 Å². The summed E-state index contributed by atoms with van der Waals surface area (Å²) in [5.74, 6) is 0.146. The van der Waals surface area contributed by atoms with E-state index in [1.165, 1.54) is 16.3 Å². The zero-order valence-electron chi connectivity index (χ0n) is 8.23. The lowest BCUT2D eigenvalue weighted by Gasteiger charge is -2.27. The van der Waals surface area contributed by atoms with Crippen LogP contribution in [0.2, 0.25) is 0 Å². The molecule has 0 bridgehead atoms. The second-order valence-corrected chi connectivity index (χ2v) is 3.93. The number of benzene rings is 2. The molecule has 1 unspecified atom stereocenters. The maximum absolute atomic E-state index is 10.8. The third-order valence-electron chi connectivity index (χ3n) is 2.90. The minimum atomic E-state index is 0.146. The third kappa shape index (κ3) is 1.38. The van der Waals surface area contributed by atoms with Gasteiger partial charge in [-0.1, -0.05) is 36.4 Å². The van der Waals surface area contributed by atoms with Crippen molar-refractivity contribution in [1.29, 1.82) is 0 Å². The van der Waals surface area contributed by atoms with Crippen molar-refractivity contribution in [3.63, 3.8) is 0 Å². The van der Waals surface area contributed by atoms with Crippen molar-refractivity contribution in [2.24, 2.45) is 0 Å². The molecule has 74 valence electrons. The van der Waals surface area contributed by atoms with E-state index in [0.717, 1.165) is 0 Å². The highest BCUT2D eigenvalue weighted by Gasteiger charge is 2.26. The Kier molecular flexibility index (Phi) is 1.75. The van der Waals surface area contributed by atoms with Gasteiger partial charge < -0.3 is 5.32 Å². The Bertz CT molecular complexity index is 525. The Hall–Kier alpha value is -1.83. The summed E-state index contributed by atoms with van der Waals surface area (Å²) in [6.07, 6.45) is 0.623. The molecule has 1 fully saturated rings. The summed E-state index contributed by atoms with van der Waals surface area (Å²) in [7, 11) is 0.